The number of hydrogen-bond donors (Lipinski definition) is 1. The quantitative estimate of drug-likeness (QED) is 0.921. The van der Waals surface area contributed by atoms with Gasteiger partial charge in [0.1, 0.15) is 0 Å². The van der Waals surface area contributed by atoms with Gasteiger partial charge in [0.15, 0.2) is 0 Å². The van der Waals surface area contributed by atoms with E-state index in [-0.39, 0.29) is 16.1 Å². The van der Waals surface area contributed by atoms with Crippen molar-refractivity contribution in [3.05, 3.63) is 57.6 Å². The molecule has 0 saturated carbocycles. The molecule has 128 valence electrons. The summed E-state index contributed by atoms with van der Waals surface area (Å²) in [6.45, 7) is 9.32. The number of benzene rings is 2. The van der Waals surface area contributed by atoms with Crippen molar-refractivity contribution in [1.29, 1.82) is 0 Å². The van der Waals surface area contributed by atoms with Crippen molar-refractivity contribution in [2.24, 2.45) is 0 Å². The summed E-state index contributed by atoms with van der Waals surface area (Å²) in [5.41, 5.74) is 4.43. The van der Waals surface area contributed by atoms with E-state index in [1.54, 1.807) is 13.8 Å². The second-order valence-electron chi connectivity index (χ2n) is 5.93. The Labute approximate surface area is 142 Å². The molecule has 0 unspecified atom stereocenters. The van der Waals surface area contributed by atoms with Crippen molar-refractivity contribution in [3.8, 4) is 0 Å². The second-order valence-corrected chi connectivity index (χ2v) is 7.55. The third kappa shape index (κ3) is 3.14. The summed E-state index contributed by atoms with van der Waals surface area (Å²) in [6.07, 6.45) is 0. The molecule has 0 heterocycles. The van der Waals surface area contributed by atoms with Gasteiger partial charge in [-0.25, -0.2) is 8.42 Å². The van der Waals surface area contributed by atoms with Crippen LogP contribution in [0.25, 0.3) is 0 Å². The molecule has 0 saturated heterocycles. The molecule has 24 heavy (non-hydrogen) atoms. The Hall–Kier alpha value is -2.34. The first kappa shape index (κ1) is 18.0. The lowest BCUT2D eigenvalue weighted by molar-refractivity contribution is -0.255. The molecular formula is C18H20NO4S-. The van der Waals surface area contributed by atoms with Crippen molar-refractivity contribution in [2.75, 3.05) is 4.72 Å². The third-order valence-electron chi connectivity index (χ3n) is 4.55. The lowest BCUT2D eigenvalue weighted by Crippen LogP contribution is -2.22. The first-order valence-electron chi connectivity index (χ1n) is 7.47. The van der Waals surface area contributed by atoms with Crippen LogP contribution in [0.3, 0.4) is 0 Å². The summed E-state index contributed by atoms with van der Waals surface area (Å²) in [7, 11) is -3.84. The van der Waals surface area contributed by atoms with Crippen LogP contribution >= 0.6 is 0 Å². The minimum absolute atomic E-state index is 0.0834. The van der Waals surface area contributed by atoms with E-state index in [2.05, 4.69) is 4.72 Å². The number of carbonyl (C=O) groups is 1. The van der Waals surface area contributed by atoms with Crippen LogP contribution in [0.4, 0.5) is 5.69 Å². The normalized spacial score (nSPS) is 11.4. The highest BCUT2D eigenvalue weighted by Crippen LogP contribution is 2.30. The maximum Gasteiger partial charge on any atom is 0.262 e. The van der Waals surface area contributed by atoms with E-state index >= 15 is 0 Å². The minimum atomic E-state index is -3.84. The molecule has 5 nitrogen and oxygen atoms in total. The third-order valence-corrected chi connectivity index (χ3v) is 6.20. The van der Waals surface area contributed by atoms with Gasteiger partial charge in [-0.1, -0.05) is 12.1 Å². The van der Waals surface area contributed by atoms with Gasteiger partial charge in [-0.15, -0.1) is 0 Å². The minimum Gasteiger partial charge on any atom is -0.545 e. The predicted molar refractivity (Wildman–Crippen MR) is 91.7 cm³/mol. The molecule has 6 heteroatoms. The van der Waals surface area contributed by atoms with E-state index in [1.807, 2.05) is 20.8 Å². The molecule has 0 aliphatic rings. The average Bonchev–Trinajstić information content (AvgIpc) is 2.50. The first-order valence-corrected chi connectivity index (χ1v) is 8.95. The molecule has 0 atom stereocenters. The molecule has 0 aliphatic heterocycles. The van der Waals surface area contributed by atoms with Crippen LogP contribution in [-0.2, 0) is 10.0 Å². The molecule has 0 fully saturated rings. The summed E-state index contributed by atoms with van der Waals surface area (Å²) < 4.78 is 28.2. The molecule has 0 bridgehead atoms. The number of rotatable bonds is 4. The smallest absolute Gasteiger partial charge is 0.262 e. The van der Waals surface area contributed by atoms with E-state index in [9.17, 15) is 18.3 Å². The topological polar surface area (TPSA) is 86.3 Å². The molecule has 2 aromatic carbocycles. The Balaban J connectivity index is 2.57. The van der Waals surface area contributed by atoms with Crippen LogP contribution in [-0.4, -0.2) is 14.4 Å². The van der Waals surface area contributed by atoms with Gasteiger partial charge >= 0.3 is 0 Å². The number of carbonyl (C=O) groups excluding carboxylic acids is 1. The fourth-order valence-electron chi connectivity index (χ4n) is 2.78. The Bertz CT molecular complexity index is 901. The van der Waals surface area contributed by atoms with Gasteiger partial charge in [0.05, 0.1) is 10.9 Å². The number of aromatic carboxylic acids is 1. The van der Waals surface area contributed by atoms with Crippen LogP contribution in [0.2, 0.25) is 0 Å². The Morgan fingerprint density at radius 1 is 0.917 bits per heavy atom. The van der Waals surface area contributed by atoms with Gasteiger partial charge in [-0.2, -0.15) is 0 Å². The van der Waals surface area contributed by atoms with Crippen LogP contribution in [0.1, 0.15) is 38.2 Å². The largest absolute Gasteiger partial charge is 0.545 e. The fourth-order valence-corrected chi connectivity index (χ4v) is 4.44. The molecule has 0 aliphatic carbocycles. The van der Waals surface area contributed by atoms with E-state index in [0.29, 0.717) is 11.1 Å². The summed E-state index contributed by atoms with van der Waals surface area (Å²) in [4.78, 5) is 11.2. The van der Waals surface area contributed by atoms with E-state index < -0.39 is 16.0 Å². The second kappa shape index (κ2) is 6.28. The molecule has 0 radical (unpaired) electrons. The van der Waals surface area contributed by atoms with Gasteiger partial charge in [0.25, 0.3) is 10.0 Å². The van der Waals surface area contributed by atoms with Crippen LogP contribution in [0.5, 0.6) is 0 Å². The SMILES string of the molecule is Cc1c(C)c(C)c(S(=O)(=O)Nc2cccc(C(=O)[O-])c2)c(C)c1C. The van der Waals surface area contributed by atoms with Gasteiger partial charge in [-0.3, -0.25) is 4.72 Å². The van der Waals surface area contributed by atoms with Gasteiger partial charge in [-0.05, 0) is 80.1 Å². The molecule has 0 aromatic heterocycles. The average molecular weight is 346 g/mol. The Morgan fingerprint density at radius 3 is 1.92 bits per heavy atom. The predicted octanol–water partition coefficient (Wildman–Crippen LogP) is 2.39. The molecule has 2 aromatic rings. The number of nitrogens with one attached hydrogen (secondary N) is 1. The number of carboxylic acids is 1. The highest BCUT2D eigenvalue weighted by molar-refractivity contribution is 7.92. The summed E-state index contributed by atoms with van der Waals surface area (Å²) in [5.74, 6) is -1.36. The van der Waals surface area contributed by atoms with Crippen LogP contribution < -0.4 is 9.83 Å². The maximum absolute atomic E-state index is 12.9. The zero-order valence-corrected chi connectivity index (χ0v) is 15.2. The summed E-state index contributed by atoms with van der Waals surface area (Å²) >= 11 is 0. The molecule has 2 rings (SSSR count). The summed E-state index contributed by atoms with van der Waals surface area (Å²) in [6, 6.07) is 5.56. The summed E-state index contributed by atoms with van der Waals surface area (Å²) in [5, 5.41) is 10.9. The number of sulfonamides is 1. The molecular weight excluding hydrogens is 326 g/mol. The number of hydrogen-bond acceptors (Lipinski definition) is 4. The highest BCUT2D eigenvalue weighted by atomic mass is 32.2. The first-order chi connectivity index (χ1) is 11.1. The Kier molecular flexibility index (Phi) is 4.71. The lowest BCUT2D eigenvalue weighted by Gasteiger charge is -2.19. The zero-order chi connectivity index (χ0) is 18.2. The molecule has 0 spiro atoms. The molecule has 0 amide bonds. The van der Waals surface area contributed by atoms with Crippen molar-refractivity contribution < 1.29 is 18.3 Å². The van der Waals surface area contributed by atoms with Crippen LogP contribution in [0, 0.1) is 34.6 Å². The zero-order valence-electron chi connectivity index (χ0n) is 14.4. The highest BCUT2D eigenvalue weighted by Gasteiger charge is 2.23. The van der Waals surface area contributed by atoms with Crippen molar-refractivity contribution >= 4 is 21.7 Å². The lowest BCUT2D eigenvalue weighted by atomic mass is 9.95. The Morgan fingerprint density at radius 2 is 1.42 bits per heavy atom. The van der Waals surface area contributed by atoms with Gasteiger partial charge in [0, 0.05) is 5.69 Å². The van der Waals surface area contributed by atoms with Gasteiger partial charge < -0.3 is 9.90 Å². The number of carboxylic acid groups (broad SMARTS) is 1. The van der Waals surface area contributed by atoms with Gasteiger partial charge in [0.2, 0.25) is 0 Å². The van der Waals surface area contributed by atoms with Crippen molar-refractivity contribution in [1.82, 2.24) is 0 Å². The van der Waals surface area contributed by atoms with Crippen molar-refractivity contribution in [3.63, 3.8) is 0 Å². The fraction of sp³-hybridized carbons (Fsp3) is 0.278. The monoisotopic (exact) mass is 346 g/mol. The molecule has 1 N–H and O–H groups in total. The van der Waals surface area contributed by atoms with Crippen LogP contribution in [0.15, 0.2) is 29.2 Å². The van der Waals surface area contributed by atoms with E-state index in [1.165, 1.54) is 24.3 Å². The van der Waals surface area contributed by atoms with Crippen molar-refractivity contribution in [2.45, 2.75) is 39.5 Å². The van der Waals surface area contributed by atoms with E-state index in [4.69, 9.17) is 0 Å². The standard InChI is InChI=1S/C18H21NO4S/c1-10-11(2)13(4)17(14(5)12(10)3)24(22,23)19-16-8-6-7-15(9-16)18(20)21/h6-9,19H,1-5H3,(H,20,21)/p-1. The van der Waals surface area contributed by atoms with E-state index in [0.717, 1.165) is 16.7 Å². The number of anilines is 1. The maximum atomic E-state index is 12.9.